The van der Waals surface area contributed by atoms with E-state index in [1.54, 1.807) is 6.20 Å². The first-order valence-electron chi connectivity index (χ1n) is 3.89. The van der Waals surface area contributed by atoms with E-state index < -0.39 is 0 Å². The fourth-order valence-corrected chi connectivity index (χ4v) is 1.27. The minimum absolute atomic E-state index is 0. The molecule has 0 amide bonds. The van der Waals surface area contributed by atoms with Crippen molar-refractivity contribution in [2.45, 2.75) is 0 Å². The van der Waals surface area contributed by atoms with Crippen molar-refractivity contribution in [3.05, 3.63) is 47.5 Å². The average molecular weight is 213 g/mol. The molecule has 0 atom stereocenters. The third-order valence-corrected chi connectivity index (χ3v) is 1.89. The van der Waals surface area contributed by atoms with Gasteiger partial charge in [-0.05, 0) is 17.8 Å². The van der Waals surface area contributed by atoms with Crippen LogP contribution >= 0.6 is 12.2 Å². The van der Waals surface area contributed by atoms with Gasteiger partial charge in [-0.1, -0.05) is 30.3 Å². The molecule has 0 aliphatic carbocycles. The molecule has 1 heterocycles. The maximum atomic E-state index is 4.93. The number of rotatable bonds is 1. The smallest absolute Gasteiger partial charge is 0.600 e. The summed E-state index contributed by atoms with van der Waals surface area (Å²) in [5.74, 6) is 0. The van der Waals surface area contributed by atoms with Crippen LogP contribution in [-0.2, 0) is 0 Å². The molecular formula is C9H8N3NaS. The number of hydrogen-bond acceptors (Lipinski definition) is 1. The molecule has 1 aromatic rings. The third-order valence-electron chi connectivity index (χ3n) is 1.69. The summed E-state index contributed by atoms with van der Waals surface area (Å²) < 4.78 is 0. The van der Waals surface area contributed by atoms with E-state index in [4.69, 9.17) is 12.2 Å². The average Bonchev–Trinajstić information content (AvgIpc) is 2.19. The van der Waals surface area contributed by atoms with Crippen LogP contribution in [-0.4, -0.2) is 5.11 Å². The largest absolute Gasteiger partial charge is 1.00 e. The molecule has 3 nitrogen and oxygen atoms in total. The van der Waals surface area contributed by atoms with E-state index >= 15 is 0 Å². The molecule has 0 bridgehead atoms. The Labute approximate surface area is 110 Å². The summed E-state index contributed by atoms with van der Waals surface area (Å²) in [6.45, 7) is 0. The normalized spacial score (nSPS) is 14.0. The molecule has 1 aromatic carbocycles. The molecule has 2 rings (SSSR count). The van der Waals surface area contributed by atoms with Gasteiger partial charge in [-0.2, -0.15) is 0 Å². The predicted molar refractivity (Wildman–Crippen MR) is 56.6 cm³/mol. The maximum absolute atomic E-state index is 4.93. The molecule has 0 aromatic heterocycles. The van der Waals surface area contributed by atoms with E-state index in [-0.39, 0.29) is 29.6 Å². The van der Waals surface area contributed by atoms with Crippen molar-refractivity contribution in [2.24, 2.45) is 0 Å². The monoisotopic (exact) mass is 213 g/mol. The zero-order valence-electron chi connectivity index (χ0n) is 7.82. The number of benzene rings is 1. The summed E-state index contributed by atoms with van der Waals surface area (Å²) in [5, 5.41) is 3.55. The SMILES string of the molecule is S=C1N[N-]C=C(c2ccccc2)N1.[Na+]. The van der Waals surface area contributed by atoms with Crippen molar-refractivity contribution in [3.63, 3.8) is 0 Å². The van der Waals surface area contributed by atoms with Crippen molar-refractivity contribution in [1.82, 2.24) is 10.7 Å². The molecule has 66 valence electrons. The Morgan fingerprint density at radius 1 is 1.14 bits per heavy atom. The molecule has 0 saturated carbocycles. The van der Waals surface area contributed by atoms with Crippen molar-refractivity contribution >= 4 is 23.0 Å². The molecule has 1 aliphatic rings. The van der Waals surface area contributed by atoms with E-state index in [1.165, 1.54) is 0 Å². The van der Waals surface area contributed by atoms with E-state index in [1.807, 2.05) is 30.3 Å². The molecule has 0 fully saturated rings. The van der Waals surface area contributed by atoms with Gasteiger partial charge in [0.15, 0.2) is 5.11 Å². The molecule has 0 radical (unpaired) electrons. The standard InChI is InChI=1S/C9H8N3S.Na/c13-9-11-8(6-10-12-9)7-4-2-1-3-5-7;/h1-6H,(H2,11,12,13);/q-1;+1. The van der Waals surface area contributed by atoms with E-state index in [9.17, 15) is 0 Å². The van der Waals surface area contributed by atoms with Crippen molar-refractivity contribution < 1.29 is 29.6 Å². The van der Waals surface area contributed by atoms with Crippen molar-refractivity contribution in [1.29, 1.82) is 0 Å². The Bertz CT molecular complexity index is 350. The zero-order chi connectivity index (χ0) is 9.10. The summed E-state index contributed by atoms with van der Waals surface area (Å²) in [5.41, 5.74) is 8.55. The summed E-state index contributed by atoms with van der Waals surface area (Å²) in [7, 11) is 0. The quantitative estimate of drug-likeness (QED) is 0.452. The van der Waals surface area contributed by atoms with Crippen LogP contribution in [0.15, 0.2) is 36.5 Å². The Balaban J connectivity index is 0.000000980. The zero-order valence-corrected chi connectivity index (χ0v) is 10.6. The van der Waals surface area contributed by atoms with Crippen LogP contribution in [0.2, 0.25) is 0 Å². The van der Waals surface area contributed by atoms with Crippen LogP contribution in [0.25, 0.3) is 11.1 Å². The second-order valence-corrected chi connectivity index (χ2v) is 3.01. The fourth-order valence-electron chi connectivity index (χ4n) is 1.10. The Kier molecular flexibility index (Phi) is 4.41. The minimum atomic E-state index is 0. The van der Waals surface area contributed by atoms with Gasteiger partial charge in [0.25, 0.3) is 0 Å². The number of nitrogens with zero attached hydrogens (tertiary/aromatic N) is 1. The van der Waals surface area contributed by atoms with Crippen LogP contribution in [0.1, 0.15) is 5.56 Å². The second kappa shape index (κ2) is 5.36. The third kappa shape index (κ3) is 2.72. The van der Waals surface area contributed by atoms with Gasteiger partial charge >= 0.3 is 29.6 Å². The van der Waals surface area contributed by atoms with Gasteiger partial charge in [0.2, 0.25) is 0 Å². The van der Waals surface area contributed by atoms with Gasteiger partial charge in [-0.3, -0.25) is 0 Å². The first kappa shape index (κ1) is 11.5. The topological polar surface area (TPSA) is 38.2 Å². The van der Waals surface area contributed by atoms with Crippen molar-refractivity contribution in [2.75, 3.05) is 0 Å². The first-order chi connectivity index (χ1) is 6.36. The van der Waals surface area contributed by atoms with Gasteiger partial charge < -0.3 is 16.2 Å². The molecule has 5 heteroatoms. The Hall–Kier alpha value is -0.550. The van der Waals surface area contributed by atoms with Crippen LogP contribution in [0.5, 0.6) is 0 Å². The minimum Gasteiger partial charge on any atom is -0.600 e. The van der Waals surface area contributed by atoms with Gasteiger partial charge in [0, 0.05) is 5.70 Å². The van der Waals surface area contributed by atoms with Gasteiger partial charge in [-0.25, -0.2) is 0 Å². The van der Waals surface area contributed by atoms with Crippen molar-refractivity contribution in [3.8, 4) is 0 Å². The van der Waals surface area contributed by atoms with Crippen LogP contribution in [0, 0.1) is 0 Å². The second-order valence-electron chi connectivity index (χ2n) is 2.60. The van der Waals surface area contributed by atoms with Crippen LogP contribution < -0.4 is 40.3 Å². The summed E-state index contributed by atoms with van der Waals surface area (Å²) in [6.07, 6.45) is 1.71. The fraction of sp³-hybridized carbons (Fsp3) is 0. The molecule has 0 saturated heterocycles. The summed E-state index contributed by atoms with van der Waals surface area (Å²) in [6, 6.07) is 9.93. The summed E-state index contributed by atoms with van der Waals surface area (Å²) >= 11 is 4.93. The van der Waals surface area contributed by atoms with Gasteiger partial charge in [0.1, 0.15) is 0 Å². The van der Waals surface area contributed by atoms with Crippen LogP contribution in [0.3, 0.4) is 0 Å². The number of thiocarbonyl (C=S) groups is 1. The number of nitrogens with one attached hydrogen (secondary N) is 2. The Morgan fingerprint density at radius 3 is 2.50 bits per heavy atom. The van der Waals surface area contributed by atoms with E-state index in [0.717, 1.165) is 11.3 Å². The number of hydrogen-bond donors (Lipinski definition) is 2. The van der Waals surface area contributed by atoms with E-state index in [0.29, 0.717) is 5.11 Å². The van der Waals surface area contributed by atoms with Gasteiger partial charge in [0.05, 0.1) is 0 Å². The molecule has 0 spiro atoms. The van der Waals surface area contributed by atoms with Crippen LogP contribution in [0.4, 0.5) is 0 Å². The molecule has 0 unspecified atom stereocenters. The molecule has 14 heavy (non-hydrogen) atoms. The molecule has 2 N–H and O–H groups in total. The Morgan fingerprint density at radius 2 is 1.86 bits per heavy atom. The van der Waals surface area contributed by atoms with Gasteiger partial charge in [-0.15, -0.1) is 6.20 Å². The predicted octanol–water partition coefficient (Wildman–Crippen LogP) is -1.24. The van der Waals surface area contributed by atoms with E-state index in [2.05, 4.69) is 16.2 Å². The molecular weight excluding hydrogens is 205 g/mol. The first-order valence-corrected chi connectivity index (χ1v) is 4.29. The molecule has 1 aliphatic heterocycles. The maximum Gasteiger partial charge on any atom is 1.00 e. The summed E-state index contributed by atoms with van der Waals surface area (Å²) in [4.78, 5) is 0.